The van der Waals surface area contributed by atoms with E-state index in [0.29, 0.717) is 41.4 Å². The maximum Gasteiger partial charge on any atom is 0.261 e. The molecule has 0 aliphatic carbocycles. The van der Waals surface area contributed by atoms with Gasteiger partial charge in [0.05, 0.1) is 34.2 Å². The predicted octanol–water partition coefficient (Wildman–Crippen LogP) is 2.83. The lowest BCUT2D eigenvalue weighted by molar-refractivity contribution is -0.497. The van der Waals surface area contributed by atoms with Crippen molar-refractivity contribution in [1.29, 1.82) is 0 Å². The second-order valence-electron chi connectivity index (χ2n) is 6.32. The lowest BCUT2D eigenvalue weighted by atomic mass is 10.1. The third-order valence-electron chi connectivity index (χ3n) is 4.49. The first-order valence-corrected chi connectivity index (χ1v) is 9.75. The van der Waals surface area contributed by atoms with Gasteiger partial charge < -0.3 is 5.32 Å². The third kappa shape index (κ3) is 4.15. The number of aliphatic imine (C=N–C) groups is 1. The van der Waals surface area contributed by atoms with Crippen LogP contribution in [-0.4, -0.2) is 55.6 Å². The highest BCUT2D eigenvalue weighted by Gasteiger charge is 2.27. The van der Waals surface area contributed by atoms with Crippen molar-refractivity contribution in [2.24, 2.45) is 4.99 Å². The van der Waals surface area contributed by atoms with Crippen LogP contribution in [0.1, 0.15) is 15.9 Å². The summed E-state index contributed by atoms with van der Waals surface area (Å²) in [5, 5.41) is 20.4. The number of nitrogens with zero attached hydrogens (tertiary/aromatic N) is 5. The van der Waals surface area contributed by atoms with Crippen LogP contribution in [0.25, 0.3) is 11.0 Å². The molecule has 3 aromatic rings. The highest BCUT2D eigenvalue weighted by atomic mass is 79.9. The monoisotopic (exact) mass is 472 g/mol. The number of anilines is 1. The molecule has 0 bridgehead atoms. The third-order valence-corrected chi connectivity index (χ3v) is 5.30. The smallest absolute Gasteiger partial charge is 0.261 e. The lowest BCUT2D eigenvalue weighted by Crippen LogP contribution is -2.39. The Kier molecular flexibility index (Phi) is 5.97. The van der Waals surface area contributed by atoms with E-state index < -0.39 is 0 Å². The Morgan fingerprint density at radius 3 is 2.83 bits per heavy atom. The van der Waals surface area contributed by atoms with Crippen LogP contribution >= 0.6 is 15.9 Å². The second kappa shape index (κ2) is 8.81. The van der Waals surface area contributed by atoms with Gasteiger partial charge in [-0.2, -0.15) is 0 Å². The molecule has 1 aliphatic rings. The summed E-state index contributed by atoms with van der Waals surface area (Å²) in [6, 6.07) is 10.5. The molecule has 1 amide bonds. The normalized spacial score (nSPS) is 13.7. The number of amides is 1. The van der Waals surface area contributed by atoms with Gasteiger partial charge in [-0.1, -0.05) is 18.2 Å². The van der Waals surface area contributed by atoms with E-state index in [2.05, 4.69) is 41.0 Å². The van der Waals surface area contributed by atoms with Gasteiger partial charge in [0.1, 0.15) is 5.52 Å². The van der Waals surface area contributed by atoms with Crippen LogP contribution in [0.2, 0.25) is 0 Å². The van der Waals surface area contributed by atoms with Gasteiger partial charge in [-0.3, -0.25) is 35.1 Å². The average Bonchev–Trinajstić information content (AvgIpc) is 3.22. The number of nitrogens with one attached hydrogen (secondary N) is 1. The fraction of sp³-hybridized carbons (Fsp3) is 0.158. The number of halogens is 1. The van der Waals surface area contributed by atoms with Crippen LogP contribution in [0.3, 0.4) is 0 Å². The maximum atomic E-state index is 13.2. The number of hydrogen-bond donors (Lipinski definition) is 3. The Morgan fingerprint density at radius 2 is 2.00 bits per heavy atom. The molecule has 0 fully saturated rings. The van der Waals surface area contributed by atoms with Gasteiger partial charge in [0.2, 0.25) is 5.96 Å². The van der Waals surface area contributed by atoms with Gasteiger partial charge >= 0.3 is 0 Å². The summed E-state index contributed by atoms with van der Waals surface area (Å²) < 4.78 is 0.717. The molecule has 2 heterocycles. The second-order valence-corrected chi connectivity index (χ2v) is 7.11. The Labute approximate surface area is 179 Å². The quantitative estimate of drug-likeness (QED) is 0.484. The average molecular weight is 473 g/mol. The summed E-state index contributed by atoms with van der Waals surface area (Å²) in [7, 11) is 0. The summed E-state index contributed by atoms with van der Waals surface area (Å²) >= 11 is 3.54. The van der Waals surface area contributed by atoms with E-state index in [1.165, 1.54) is 4.90 Å². The number of rotatable bonds is 5. The molecule has 3 N–H and O–H groups in total. The first-order chi connectivity index (χ1) is 14.5. The topological polar surface area (TPSA) is 123 Å². The summed E-state index contributed by atoms with van der Waals surface area (Å²) in [6.45, 7) is 0.684. The highest BCUT2D eigenvalue weighted by Crippen LogP contribution is 2.29. The van der Waals surface area contributed by atoms with E-state index in [1.54, 1.807) is 36.7 Å². The minimum absolute atomic E-state index is 0.183. The van der Waals surface area contributed by atoms with Crippen molar-refractivity contribution in [3.63, 3.8) is 0 Å². The van der Waals surface area contributed by atoms with Crippen LogP contribution in [0.5, 0.6) is 0 Å². The number of benzene rings is 2. The lowest BCUT2D eigenvalue weighted by Gasteiger charge is -2.21. The minimum atomic E-state index is -0.383. The van der Waals surface area contributed by atoms with E-state index in [-0.39, 0.29) is 17.9 Å². The SMILES string of the molecule is O=C(c1ccccc1CON(O)O)N1CCN=C1Nc1ccc2nccnc2c1Br. The van der Waals surface area contributed by atoms with Crippen molar-refractivity contribution in [1.82, 2.24) is 20.3 Å². The van der Waals surface area contributed by atoms with Crippen LogP contribution in [0, 0.1) is 0 Å². The molecule has 0 radical (unpaired) electrons. The molecule has 0 saturated carbocycles. The molecule has 1 aromatic heterocycles. The van der Waals surface area contributed by atoms with Crippen LogP contribution in [0.4, 0.5) is 5.69 Å². The van der Waals surface area contributed by atoms with E-state index in [0.717, 1.165) is 9.99 Å². The zero-order chi connectivity index (χ0) is 21.1. The zero-order valence-corrected chi connectivity index (χ0v) is 17.2. The number of carbonyl (C=O) groups excluding carboxylic acids is 1. The van der Waals surface area contributed by atoms with Crippen molar-refractivity contribution in [2.45, 2.75) is 6.61 Å². The van der Waals surface area contributed by atoms with Crippen LogP contribution in [-0.2, 0) is 11.4 Å². The van der Waals surface area contributed by atoms with Gasteiger partial charge in [0, 0.05) is 24.5 Å². The molecule has 4 rings (SSSR count). The molecule has 10 nitrogen and oxygen atoms in total. The number of carbonyl (C=O) groups is 1. The van der Waals surface area contributed by atoms with Gasteiger partial charge in [-0.05, 0) is 39.7 Å². The molecular formula is C19H17BrN6O4. The number of hydrogen-bond acceptors (Lipinski definition) is 9. The van der Waals surface area contributed by atoms with Crippen LogP contribution < -0.4 is 5.32 Å². The number of aromatic nitrogens is 2. The fourth-order valence-corrected chi connectivity index (χ4v) is 3.64. The summed E-state index contributed by atoms with van der Waals surface area (Å²) in [5.74, 6) is 0.127. The molecule has 0 spiro atoms. The zero-order valence-electron chi connectivity index (χ0n) is 15.6. The maximum absolute atomic E-state index is 13.2. The van der Waals surface area contributed by atoms with E-state index >= 15 is 0 Å². The summed E-state index contributed by atoms with van der Waals surface area (Å²) in [4.78, 5) is 32.4. The molecule has 11 heteroatoms. The fourth-order valence-electron chi connectivity index (χ4n) is 3.10. The van der Waals surface area contributed by atoms with Crippen molar-refractivity contribution >= 4 is 44.5 Å². The van der Waals surface area contributed by atoms with Gasteiger partial charge in [-0.15, -0.1) is 0 Å². The Balaban J connectivity index is 1.58. The van der Waals surface area contributed by atoms with E-state index in [1.807, 2.05) is 12.1 Å². The number of guanidine groups is 1. The van der Waals surface area contributed by atoms with Crippen molar-refractivity contribution in [3.8, 4) is 0 Å². The first-order valence-electron chi connectivity index (χ1n) is 8.96. The van der Waals surface area contributed by atoms with Crippen molar-refractivity contribution in [2.75, 3.05) is 18.4 Å². The predicted molar refractivity (Wildman–Crippen MR) is 111 cm³/mol. The first kappa shape index (κ1) is 20.3. The summed E-state index contributed by atoms with van der Waals surface area (Å²) in [5.41, 5.74) is 3.02. The minimum Gasteiger partial charge on any atom is -0.325 e. The molecule has 154 valence electrons. The van der Waals surface area contributed by atoms with E-state index in [9.17, 15) is 4.79 Å². The van der Waals surface area contributed by atoms with Crippen LogP contribution in [0.15, 0.2) is 58.3 Å². The number of fused-ring (bicyclic) bond motifs is 1. The molecule has 1 aliphatic heterocycles. The standard InChI is InChI=1S/C19H17BrN6O4/c20-16-14(5-6-15-17(16)22-8-7-21-15)24-19-23-9-10-25(19)18(27)13-4-2-1-3-12(13)11-30-26(28)29/h1-8,28-29H,9-11H2,(H,23,24). The summed E-state index contributed by atoms with van der Waals surface area (Å²) in [6.07, 6.45) is 3.23. The van der Waals surface area contributed by atoms with Crippen molar-refractivity contribution in [3.05, 3.63) is 64.4 Å². The molecule has 30 heavy (non-hydrogen) atoms. The Hall–Kier alpha value is -2.96. The Morgan fingerprint density at radius 1 is 1.20 bits per heavy atom. The molecule has 0 saturated heterocycles. The Bertz CT molecular complexity index is 1120. The highest BCUT2D eigenvalue weighted by molar-refractivity contribution is 9.10. The molecule has 0 atom stereocenters. The van der Waals surface area contributed by atoms with Gasteiger partial charge in [0.25, 0.3) is 5.91 Å². The largest absolute Gasteiger partial charge is 0.325 e. The molecule has 2 aromatic carbocycles. The van der Waals surface area contributed by atoms with Gasteiger partial charge in [0.15, 0.2) is 0 Å². The molecular weight excluding hydrogens is 456 g/mol. The molecule has 0 unspecified atom stereocenters. The van der Waals surface area contributed by atoms with Gasteiger partial charge in [-0.25, -0.2) is 4.84 Å². The van der Waals surface area contributed by atoms with E-state index in [4.69, 9.17) is 10.4 Å². The van der Waals surface area contributed by atoms with Crippen molar-refractivity contribution < 1.29 is 20.0 Å².